The summed E-state index contributed by atoms with van der Waals surface area (Å²) in [5.74, 6) is -1.70. The Morgan fingerprint density at radius 2 is 1.35 bits per heavy atom. The molecule has 0 aromatic rings. The lowest BCUT2D eigenvalue weighted by Crippen LogP contribution is -2.29. The first-order valence-corrected chi connectivity index (χ1v) is 22.2. The fourth-order valence-corrected chi connectivity index (χ4v) is 6.63. The fourth-order valence-electron chi connectivity index (χ4n) is 6.27. The summed E-state index contributed by atoms with van der Waals surface area (Å²) in [6, 6.07) is 0. The third-order valence-electron chi connectivity index (χ3n) is 9.42. The van der Waals surface area contributed by atoms with Crippen LogP contribution in [0.1, 0.15) is 149 Å². The predicted octanol–water partition coefficient (Wildman–Crippen LogP) is 9.10. The van der Waals surface area contributed by atoms with Crippen LogP contribution in [-0.4, -0.2) is 69.2 Å². The van der Waals surface area contributed by atoms with Crippen LogP contribution >= 0.6 is 7.82 Å². The molecule has 0 unspecified atom stereocenters. The molecule has 0 bridgehead atoms. The van der Waals surface area contributed by atoms with E-state index in [9.17, 15) is 29.2 Å². The molecule has 0 saturated heterocycles. The van der Waals surface area contributed by atoms with Crippen molar-refractivity contribution in [1.29, 1.82) is 0 Å². The van der Waals surface area contributed by atoms with Gasteiger partial charge in [-0.15, -0.1) is 0 Å². The van der Waals surface area contributed by atoms with Gasteiger partial charge in [0.25, 0.3) is 0 Å². The zero-order valence-electron chi connectivity index (χ0n) is 33.5. The van der Waals surface area contributed by atoms with Crippen LogP contribution in [-0.2, 0) is 32.9 Å². The molecule has 55 heavy (non-hydrogen) atoms. The van der Waals surface area contributed by atoms with Crippen molar-refractivity contribution in [1.82, 2.24) is 0 Å². The SMILES string of the molecule is CCCCC/C=C\C/C=C\C/C=C\C/C=C\CCCC(=O)O[C@H](COC(=O)CCCCCC[C@H]1[C@@H](O)CC(=O)[C@@H]1/C=C/[C@@H](O)CCCCC)COP(=O)(O)O. The molecule has 1 aliphatic rings. The third-order valence-corrected chi connectivity index (χ3v) is 9.90. The number of unbranched alkanes of at least 4 members (excludes halogenated alkanes) is 9. The summed E-state index contributed by atoms with van der Waals surface area (Å²) >= 11 is 0. The smallest absolute Gasteiger partial charge is 0.462 e. The van der Waals surface area contributed by atoms with Crippen molar-refractivity contribution in [3.63, 3.8) is 0 Å². The molecule has 0 aliphatic heterocycles. The minimum absolute atomic E-state index is 0.00476. The number of esters is 2. The van der Waals surface area contributed by atoms with Crippen molar-refractivity contribution in [3.05, 3.63) is 60.8 Å². The zero-order valence-corrected chi connectivity index (χ0v) is 34.4. The number of hydrogen-bond acceptors (Lipinski definition) is 9. The van der Waals surface area contributed by atoms with Crippen LogP contribution in [0.2, 0.25) is 0 Å². The van der Waals surface area contributed by atoms with E-state index in [0.29, 0.717) is 32.1 Å². The summed E-state index contributed by atoms with van der Waals surface area (Å²) < 4.78 is 26.3. The molecule has 0 spiro atoms. The second kappa shape index (κ2) is 32.4. The molecule has 1 rings (SSSR count). The van der Waals surface area contributed by atoms with Crippen LogP contribution in [0.15, 0.2) is 60.8 Å². The fraction of sp³-hybridized carbons (Fsp3) is 0.698. The summed E-state index contributed by atoms with van der Waals surface area (Å²) in [6.07, 6.45) is 34.3. The highest BCUT2D eigenvalue weighted by molar-refractivity contribution is 7.46. The van der Waals surface area contributed by atoms with Gasteiger partial charge in [0, 0.05) is 25.2 Å². The van der Waals surface area contributed by atoms with E-state index >= 15 is 0 Å². The van der Waals surface area contributed by atoms with Gasteiger partial charge in [0.15, 0.2) is 6.10 Å². The van der Waals surface area contributed by atoms with Crippen LogP contribution in [0.5, 0.6) is 0 Å². The lowest BCUT2D eigenvalue weighted by Gasteiger charge is -2.19. The molecule has 5 atom stereocenters. The highest BCUT2D eigenvalue weighted by Crippen LogP contribution is 2.36. The number of phosphoric ester groups is 1. The number of ether oxygens (including phenoxy) is 2. The van der Waals surface area contributed by atoms with Crippen molar-refractivity contribution < 1.29 is 52.9 Å². The van der Waals surface area contributed by atoms with Gasteiger partial charge in [-0.25, -0.2) is 4.57 Å². The van der Waals surface area contributed by atoms with E-state index in [1.807, 2.05) is 12.2 Å². The van der Waals surface area contributed by atoms with E-state index in [-0.39, 0.29) is 31.0 Å². The molecule has 0 aromatic carbocycles. The summed E-state index contributed by atoms with van der Waals surface area (Å²) in [6.45, 7) is 3.30. The predicted molar refractivity (Wildman–Crippen MR) is 217 cm³/mol. The molecule has 11 nitrogen and oxygen atoms in total. The van der Waals surface area contributed by atoms with Gasteiger partial charge in [-0.3, -0.25) is 18.9 Å². The first-order chi connectivity index (χ1) is 26.5. The average molecular weight is 795 g/mol. The van der Waals surface area contributed by atoms with E-state index in [2.05, 4.69) is 54.8 Å². The van der Waals surface area contributed by atoms with E-state index in [0.717, 1.165) is 64.2 Å². The quantitative estimate of drug-likeness (QED) is 0.0216. The number of Topliss-reactive ketones (excluding diaryl/α,β-unsaturated/α-hetero) is 1. The minimum Gasteiger partial charge on any atom is -0.462 e. The van der Waals surface area contributed by atoms with Crippen LogP contribution < -0.4 is 0 Å². The summed E-state index contributed by atoms with van der Waals surface area (Å²) in [7, 11) is -4.83. The van der Waals surface area contributed by atoms with Gasteiger partial charge in [0.05, 0.1) is 18.8 Å². The Morgan fingerprint density at radius 3 is 1.98 bits per heavy atom. The lowest BCUT2D eigenvalue weighted by molar-refractivity contribution is -0.161. The van der Waals surface area contributed by atoms with Crippen molar-refractivity contribution in [3.8, 4) is 0 Å². The number of aliphatic hydroxyl groups is 2. The van der Waals surface area contributed by atoms with Crippen molar-refractivity contribution in [2.24, 2.45) is 11.8 Å². The average Bonchev–Trinajstić information content (AvgIpc) is 3.41. The van der Waals surface area contributed by atoms with E-state index in [4.69, 9.17) is 19.3 Å². The lowest BCUT2D eigenvalue weighted by atomic mass is 9.88. The number of carbonyl (C=O) groups excluding carboxylic acids is 3. The first kappa shape index (κ1) is 50.4. The van der Waals surface area contributed by atoms with E-state index in [1.165, 1.54) is 19.3 Å². The van der Waals surface area contributed by atoms with Crippen LogP contribution in [0.25, 0.3) is 0 Å². The number of rotatable bonds is 33. The van der Waals surface area contributed by atoms with Gasteiger partial charge in [-0.2, -0.15) is 0 Å². The number of ketones is 1. The molecule has 4 N–H and O–H groups in total. The number of aliphatic hydroxyl groups excluding tert-OH is 2. The summed E-state index contributed by atoms with van der Waals surface area (Å²) in [5, 5.41) is 20.7. The van der Waals surface area contributed by atoms with Crippen molar-refractivity contribution in [2.75, 3.05) is 13.2 Å². The zero-order chi connectivity index (χ0) is 40.6. The topological polar surface area (TPSA) is 177 Å². The number of hydrogen-bond donors (Lipinski definition) is 4. The van der Waals surface area contributed by atoms with Crippen LogP contribution in [0.4, 0.5) is 0 Å². The third kappa shape index (κ3) is 28.4. The highest BCUT2D eigenvalue weighted by Gasteiger charge is 2.39. The van der Waals surface area contributed by atoms with Crippen molar-refractivity contribution in [2.45, 2.75) is 167 Å². The molecule has 1 fully saturated rings. The van der Waals surface area contributed by atoms with E-state index < -0.39 is 57.2 Å². The molecular formula is C43H71O11P. The molecule has 314 valence electrons. The normalized spacial score (nSPS) is 19.2. The molecule has 0 radical (unpaired) electrons. The number of carbonyl (C=O) groups is 3. The largest absolute Gasteiger partial charge is 0.469 e. The number of phosphoric acid groups is 1. The van der Waals surface area contributed by atoms with Crippen LogP contribution in [0.3, 0.4) is 0 Å². The first-order valence-electron chi connectivity index (χ1n) is 20.7. The van der Waals surface area contributed by atoms with Gasteiger partial charge < -0.3 is 29.5 Å². The Hall–Kier alpha value is -2.66. The molecule has 0 heterocycles. The Kier molecular flexibility index (Phi) is 29.7. The molecular weight excluding hydrogens is 723 g/mol. The van der Waals surface area contributed by atoms with Crippen LogP contribution in [0, 0.1) is 11.8 Å². The van der Waals surface area contributed by atoms with Gasteiger partial charge in [0.2, 0.25) is 0 Å². The van der Waals surface area contributed by atoms with Gasteiger partial charge in [-0.1, -0.05) is 126 Å². The molecule has 0 amide bonds. The maximum Gasteiger partial charge on any atom is 0.469 e. The Labute approximate surface area is 330 Å². The molecule has 1 saturated carbocycles. The molecule has 1 aliphatic carbocycles. The summed E-state index contributed by atoms with van der Waals surface area (Å²) in [4.78, 5) is 55.5. The van der Waals surface area contributed by atoms with Gasteiger partial charge >= 0.3 is 19.8 Å². The molecule has 12 heteroatoms. The maximum absolute atomic E-state index is 12.5. The second-order valence-electron chi connectivity index (χ2n) is 14.4. The molecule has 0 aromatic heterocycles. The Bertz CT molecular complexity index is 1230. The number of allylic oxidation sites excluding steroid dienone is 9. The second-order valence-corrected chi connectivity index (χ2v) is 15.6. The summed E-state index contributed by atoms with van der Waals surface area (Å²) in [5.41, 5.74) is 0. The monoisotopic (exact) mass is 794 g/mol. The Balaban J connectivity index is 2.31. The van der Waals surface area contributed by atoms with Gasteiger partial charge in [0.1, 0.15) is 12.4 Å². The maximum atomic E-state index is 12.5. The van der Waals surface area contributed by atoms with Crippen molar-refractivity contribution >= 4 is 25.5 Å². The minimum atomic E-state index is -4.83. The van der Waals surface area contributed by atoms with Gasteiger partial charge in [-0.05, 0) is 70.1 Å². The standard InChI is InChI=1S/C43H71O11P/c1-3-5-7-8-9-10-11-12-13-14-15-16-17-18-19-20-26-30-43(48)54-37(35-53-55(49,50)51)34-52-42(47)29-25-22-21-24-28-38-39(41(46)33-40(38)45)32-31-36(44)27-23-6-4-2/h9-10,12-13,15-16,18-19,31-32,36-40,44-45H,3-8,11,14,17,20-30,33-35H2,1-2H3,(H2,49,50,51)/b10-9-,13-12-,16-15-,19-18-,32-31+/t36-,37+,38+,39+,40-/m0/s1. The Morgan fingerprint density at radius 1 is 0.764 bits per heavy atom. The van der Waals surface area contributed by atoms with E-state index in [1.54, 1.807) is 12.2 Å². The highest BCUT2D eigenvalue weighted by atomic mass is 31.2.